The largest absolute Gasteiger partial charge is 0.468 e. The van der Waals surface area contributed by atoms with E-state index >= 15 is 0 Å². The topological polar surface area (TPSA) is 104 Å². The number of nitrogens with two attached hydrogens (primary N) is 1. The predicted octanol–water partition coefficient (Wildman–Crippen LogP) is 2.40. The molecule has 28 heavy (non-hydrogen) atoms. The van der Waals surface area contributed by atoms with Gasteiger partial charge >= 0.3 is 5.97 Å². The van der Waals surface area contributed by atoms with E-state index in [2.05, 4.69) is 19.2 Å². The van der Waals surface area contributed by atoms with Crippen LogP contribution < -0.4 is 11.1 Å². The Kier molecular flexibility index (Phi) is 6.05. The van der Waals surface area contributed by atoms with E-state index < -0.39 is 11.9 Å². The molecule has 7 nitrogen and oxygen atoms in total. The summed E-state index contributed by atoms with van der Waals surface area (Å²) in [5, 5.41) is 3.31. The number of furan rings is 1. The van der Waals surface area contributed by atoms with Crippen LogP contribution in [0.15, 0.2) is 45.4 Å². The van der Waals surface area contributed by atoms with Gasteiger partial charge < -0.3 is 24.9 Å². The van der Waals surface area contributed by atoms with E-state index in [0.717, 1.165) is 5.70 Å². The van der Waals surface area contributed by atoms with E-state index in [-0.39, 0.29) is 24.4 Å². The van der Waals surface area contributed by atoms with Crippen LogP contribution in [0.25, 0.3) is 0 Å². The number of allylic oxidation sites excluding steroid dienone is 2. The molecular formula is C21H28N2O5. The van der Waals surface area contributed by atoms with Crippen LogP contribution >= 0.6 is 0 Å². The van der Waals surface area contributed by atoms with Crippen molar-refractivity contribution in [1.82, 2.24) is 5.32 Å². The molecule has 1 atom stereocenters. The van der Waals surface area contributed by atoms with Crippen molar-refractivity contribution in [2.75, 3.05) is 26.4 Å². The highest BCUT2D eigenvalue weighted by atomic mass is 16.5. The van der Waals surface area contributed by atoms with Gasteiger partial charge in [-0.15, -0.1) is 0 Å². The molecule has 3 rings (SSSR count). The van der Waals surface area contributed by atoms with Crippen molar-refractivity contribution in [2.45, 2.75) is 39.5 Å². The minimum absolute atomic E-state index is 0.0175. The van der Waals surface area contributed by atoms with Crippen molar-refractivity contribution in [1.29, 1.82) is 0 Å². The Balaban J connectivity index is 2.11. The summed E-state index contributed by atoms with van der Waals surface area (Å²) in [6, 6.07) is 3.54. The number of hydrogen-bond donors (Lipinski definition) is 2. The molecular weight excluding hydrogens is 360 g/mol. The van der Waals surface area contributed by atoms with Crippen molar-refractivity contribution in [3.63, 3.8) is 0 Å². The molecule has 0 saturated heterocycles. The summed E-state index contributed by atoms with van der Waals surface area (Å²) in [4.78, 5) is 26.0. The zero-order valence-corrected chi connectivity index (χ0v) is 16.7. The number of rotatable bonds is 7. The number of hydrogen-bond acceptors (Lipinski definition) is 7. The second-order valence-corrected chi connectivity index (χ2v) is 7.86. The van der Waals surface area contributed by atoms with Gasteiger partial charge in [0.1, 0.15) is 5.76 Å². The van der Waals surface area contributed by atoms with Gasteiger partial charge in [0.2, 0.25) is 0 Å². The van der Waals surface area contributed by atoms with Gasteiger partial charge in [-0.3, -0.25) is 4.79 Å². The molecule has 152 valence electrons. The Morgan fingerprint density at radius 1 is 1.39 bits per heavy atom. The zero-order valence-electron chi connectivity index (χ0n) is 16.7. The molecule has 1 aliphatic carbocycles. The normalized spacial score (nSPS) is 21.4. The van der Waals surface area contributed by atoms with E-state index in [9.17, 15) is 9.59 Å². The third kappa shape index (κ3) is 4.05. The number of carbonyl (C=O) groups excluding carboxylic acids is 2. The summed E-state index contributed by atoms with van der Waals surface area (Å²) in [6.45, 7) is 7.03. The first-order valence-corrected chi connectivity index (χ1v) is 9.62. The number of ether oxygens (including phenoxy) is 2. The molecule has 1 aromatic heterocycles. The van der Waals surface area contributed by atoms with Crippen molar-refractivity contribution in [3.8, 4) is 0 Å². The summed E-state index contributed by atoms with van der Waals surface area (Å²) >= 11 is 0. The number of nitrogens with one attached hydrogen (secondary N) is 1. The molecule has 0 saturated carbocycles. The smallest absolute Gasteiger partial charge is 0.336 e. The number of dihydropyridines is 1. The molecule has 0 spiro atoms. The average Bonchev–Trinajstić information content (AvgIpc) is 3.14. The molecule has 2 heterocycles. The number of carbonyl (C=O) groups is 2. The molecule has 0 bridgehead atoms. The maximum Gasteiger partial charge on any atom is 0.336 e. The van der Waals surface area contributed by atoms with Crippen LogP contribution in [-0.4, -0.2) is 38.1 Å². The third-order valence-electron chi connectivity index (χ3n) is 4.96. The van der Waals surface area contributed by atoms with Crippen LogP contribution in [0.3, 0.4) is 0 Å². The fourth-order valence-corrected chi connectivity index (χ4v) is 3.91. The first-order chi connectivity index (χ1) is 13.4. The van der Waals surface area contributed by atoms with Gasteiger partial charge in [-0.25, -0.2) is 4.79 Å². The molecule has 1 aromatic rings. The molecule has 0 aromatic carbocycles. The molecule has 7 heteroatoms. The van der Waals surface area contributed by atoms with Crippen LogP contribution in [0.4, 0.5) is 0 Å². The fourth-order valence-electron chi connectivity index (χ4n) is 3.91. The Morgan fingerprint density at radius 3 is 2.82 bits per heavy atom. The van der Waals surface area contributed by atoms with E-state index in [1.807, 2.05) is 0 Å². The Bertz CT molecular complexity index is 805. The lowest BCUT2D eigenvalue weighted by molar-refractivity contribution is -0.139. The van der Waals surface area contributed by atoms with Crippen molar-refractivity contribution in [2.24, 2.45) is 11.1 Å². The van der Waals surface area contributed by atoms with Gasteiger partial charge in [-0.2, -0.15) is 0 Å². The van der Waals surface area contributed by atoms with Crippen LogP contribution in [0, 0.1) is 5.41 Å². The van der Waals surface area contributed by atoms with Gasteiger partial charge in [0.05, 0.1) is 43.3 Å². The van der Waals surface area contributed by atoms with E-state index in [4.69, 9.17) is 19.6 Å². The SMILES string of the molecule is CCOC(=O)C1=C(COCCN)NC2=C(C(=O)CC(C)(C)C2)C1c1ccco1. The Morgan fingerprint density at radius 2 is 2.18 bits per heavy atom. The Hall–Kier alpha value is -2.38. The highest BCUT2D eigenvalue weighted by molar-refractivity contribution is 6.04. The summed E-state index contributed by atoms with van der Waals surface area (Å²) < 4.78 is 16.6. The van der Waals surface area contributed by atoms with Crippen LogP contribution in [0.1, 0.15) is 45.3 Å². The van der Waals surface area contributed by atoms with Crippen LogP contribution in [0.5, 0.6) is 0 Å². The van der Waals surface area contributed by atoms with E-state index in [1.54, 1.807) is 25.3 Å². The summed E-state index contributed by atoms with van der Waals surface area (Å²) in [7, 11) is 0. The predicted molar refractivity (Wildman–Crippen MR) is 103 cm³/mol. The van der Waals surface area contributed by atoms with E-state index in [1.165, 1.54) is 0 Å². The highest BCUT2D eigenvalue weighted by Crippen LogP contribution is 2.46. The molecule has 2 aliphatic rings. The molecule has 0 amide bonds. The molecule has 0 radical (unpaired) electrons. The first-order valence-electron chi connectivity index (χ1n) is 9.62. The monoisotopic (exact) mass is 388 g/mol. The number of Topliss-reactive ketones (excluding diaryl/α,β-unsaturated/α-hetero) is 1. The second-order valence-electron chi connectivity index (χ2n) is 7.86. The average molecular weight is 388 g/mol. The minimum Gasteiger partial charge on any atom is -0.468 e. The lowest BCUT2D eigenvalue weighted by Crippen LogP contribution is -2.40. The standard InChI is InChI=1S/C21H28N2O5/c1-4-27-20(25)18-14(12-26-9-7-22)23-13-10-21(2,3)11-15(24)17(13)19(18)16-6-5-8-28-16/h5-6,8,19,23H,4,7,9-12,22H2,1-3H3. The van der Waals surface area contributed by atoms with Gasteiger partial charge in [0.25, 0.3) is 0 Å². The third-order valence-corrected chi connectivity index (χ3v) is 4.96. The second kappa shape index (κ2) is 8.32. The highest BCUT2D eigenvalue weighted by Gasteiger charge is 2.44. The van der Waals surface area contributed by atoms with Crippen LogP contribution in [-0.2, 0) is 19.1 Å². The van der Waals surface area contributed by atoms with Gasteiger partial charge in [0.15, 0.2) is 5.78 Å². The van der Waals surface area contributed by atoms with Gasteiger partial charge in [-0.1, -0.05) is 13.8 Å². The maximum absolute atomic E-state index is 13.1. The molecule has 1 aliphatic heterocycles. The first kappa shape index (κ1) is 20.4. The molecule has 0 fully saturated rings. The quantitative estimate of drug-likeness (QED) is 0.546. The lowest BCUT2D eigenvalue weighted by atomic mass is 9.69. The number of ketones is 1. The number of esters is 1. The minimum atomic E-state index is -0.606. The van der Waals surface area contributed by atoms with Crippen LogP contribution in [0.2, 0.25) is 0 Å². The summed E-state index contributed by atoms with van der Waals surface area (Å²) in [6.07, 6.45) is 2.66. The molecule has 1 unspecified atom stereocenters. The van der Waals surface area contributed by atoms with Crippen molar-refractivity contribution in [3.05, 3.63) is 46.7 Å². The summed E-state index contributed by atoms with van der Waals surface area (Å²) in [5.74, 6) is -0.525. The van der Waals surface area contributed by atoms with Crippen molar-refractivity contribution < 1.29 is 23.5 Å². The molecule has 3 N–H and O–H groups in total. The zero-order chi connectivity index (χ0) is 20.3. The van der Waals surface area contributed by atoms with Crippen molar-refractivity contribution >= 4 is 11.8 Å². The summed E-state index contributed by atoms with van der Waals surface area (Å²) in [5.41, 5.74) is 7.72. The van der Waals surface area contributed by atoms with E-state index in [0.29, 0.717) is 48.6 Å². The lowest BCUT2D eigenvalue weighted by Gasteiger charge is -2.39. The maximum atomic E-state index is 13.1. The van der Waals surface area contributed by atoms with Gasteiger partial charge in [-0.05, 0) is 30.9 Å². The van der Waals surface area contributed by atoms with Gasteiger partial charge in [0, 0.05) is 24.2 Å². The fraction of sp³-hybridized carbons (Fsp3) is 0.524. The Labute approximate surface area is 164 Å².